The molecule has 19 heavy (non-hydrogen) atoms. The molecular formula is C15H18N2OS. The average Bonchev–Trinajstić information content (AvgIpc) is 2.48. The Kier molecular flexibility index (Phi) is 5.72. The van der Waals surface area contributed by atoms with E-state index in [1.54, 1.807) is 25.1 Å². The van der Waals surface area contributed by atoms with Crippen molar-refractivity contribution >= 4 is 11.8 Å². The average molecular weight is 274 g/mol. The van der Waals surface area contributed by atoms with Gasteiger partial charge in [-0.25, -0.2) is 0 Å². The van der Waals surface area contributed by atoms with Gasteiger partial charge >= 0.3 is 0 Å². The van der Waals surface area contributed by atoms with E-state index in [4.69, 9.17) is 4.74 Å². The third-order valence-electron chi connectivity index (χ3n) is 2.66. The highest BCUT2D eigenvalue weighted by Gasteiger charge is 2.01. The summed E-state index contributed by atoms with van der Waals surface area (Å²) in [7, 11) is 1.71. The van der Waals surface area contributed by atoms with E-state index in [-0.39, 0.29) is 0 Å². The van der Waals surface area contributed by atoms with Crippen LogP contribution in [0.15, 0.2) is 53.7 Å². The Labute approximate surface area is 118 Å². The molecule has 0 unspecified atom stereocenters. The lowest BCUT2D eigenvalue weighted by molar-refractivity contribution is 0.405. The maximum Gasteiger partial charge on any atom is 0.132 e. The van der Waals surface area contributed by atoms with Crippen LogP contribution >= 0.6 is 11.8 Å². The van der Waals surface area contributed by atoms with E-state index in [0.717, 1.165) is 24.6 Å². The summed E-state index contributed by atoms with van der Waals surface area (Å²) in [5.41, 5.74) is 1.21. The van der Waals surface area contributed by atoms with E-state index in [1.807, 2.05) is 30.5 Å². The van der Waals surface area contributed by atoms with Crippen LogP contribution in [0.5, 0.6) is 5.75 Å². The van der Waals surface area contributed by atoms with Gasteiger partial charge in [0.1, 0.15) is 5.75 Å². The number of methoxy groups -OCH3 is 1. The summed E-state index contributed by atoms with van der Waals surface area (Å²) in [6, 6.07) is 12.1. The molecule has 0 aliphatic rings. The molecule has 1 heterocycles. The van der Waals surface area contributed by atoms with Gasteiger partial charge in [-0.2, -0.15) is 0 Å². The molecule has 4 heteroatoms. The molecule has 1 aromatic carbocycles. The Balaban J connectivity index is 1.69. The summed E-state index contributed by atoms with van der Waals surface area (Å²) in [4.78, 5) is 5.28. The highest BCUT2D eigenvalue weighted by Crippen LogP contribution is 2.28. The molecule has 1 aromatic heterocycles. The number of rotatable bonds is 7. The van der Waals surface area contributed by atoms with Gasteiger partial charge in [-0.05, 0) is 23.8 Å². The smallest absolute Gasteiger partial charge is 0.132 e. The number of hydrogen-bond acceptors (Lipinski definition) is 4. The van der Waals surface area contributed by atoms with Crippen molar-refractivity contribution in [2.24, 2.45) is 0 Å². The fraction of sp³-hybridized carbons (Fsp3) is 0.267. The van der Waals surface area contributed by atoms with Gasteiger partial charge in [0.2, 0.25) is 0 Å². The lowest BCUT2D eigenvalue weighted by Gasteiger charge is -2.08. The summed E-state index contributed by atoms with van der Waals surface area (Å²) < 4.78 is 5.32. The van der Waals surface area contributed by atoms with Crippen LogP contribution in [0.3, 0.4) is 0 Å². The Morgan fingerprint density at radius 1 is 1.21 bits per heavy atom. The van der Waals surface area contributed by atoms with Crippen LogP contribution in [-0.2, 0) is 6.54 Å². The quantitative estimate of drug-likeness (QED) is 0.622. The molecular weight excluding hydrogens is 256 g/mol. The third-order valence-corrected chi connectivity index (χ3v) is 3.71. The third kappa shape index (κ3) is 4.58. The van der Waals surface area contributed by atoms with Gasteiger partial charge in [0.15, 0.2) is 0 Å². The topological polar surface area (TPSA) is 34.1 Å². The molecule has 0 fully saturated rings. The predicted molar refractivity (Wildman–Crippen MR) is 79.7 cm³/mol. The molecule has 0 aliphatic heterocycles. The number of ether oxygens (including phenoxy) is 1. The first-order valence-corrected chi connectivity index (χ1v) is 7.24. The number of hydrogen-bond donors (Lipinski definition) is 1. The zero-order valence-electron chi connectivity index (χ0n) is 11.0. The minimum absolute atomic E-state index is 0.861. The highest BCUT2D eigenvalue weighted by molar-refractivity contribution is 7.99. The number of nitrogens with zero attached hydrogens (tertiary/aromatic N) is 1. The van der Waals surface area contributed by atoms with Crippen molar-refractivity contribution in [2.75, 3.05) is 19.4 Å². The maximum absolute atomic E-state index is 5.32. The summed E-state index contributed by atoms with van der Waals surface area (Å²) in [5.74, 6) is 1.96. The monoisotopic (exact) mass is 274 g/mol. The van der Waals surface area contributed by atoms with Crippen molar-refractivity contribution in [1.82, 2.24) is 10.3 Å². The molecule has 0 aliphatic carbocycles. The largest absolute Gasteiger partial charge is 0.496 e. The first-order valence-electron chi connectivity index (χ1n) is 6.25. The van der Waals surface area contributed by atoms with Crippen LogP contribution in [0.2, 0.25) is 0 Å². The number of benzene rings is 1. The Hall–Kier alpha value is -1.52. The van der Waals surface area contributed by atoms with E-state index in [0.29, 0.717) is 0 Å². The van der Waals surface area contributed by atoms with Crippen LogP contribution in [0, 0.1) is 0 Å². The van der Waals surface area contributed by atoms with Crippen LogP contribution in [0.1, 0.15) is 5.56 Å². The van der Waals surface area contributed by atoms with Gasteiger partial charge in [-0.15, -0.1) is 11.8 Å². The van der Waals surface area contributed by atoms with Crippen molar-refractivity contribution in [1.29, 1.82) is 0 Å². The minimum Gasteiger partial charge on any atom is -0.496 e. The van der Waals surface area contributed by atoms with E-state index in [2.05, 4.69) is 22.4 Å². The Morgan fingerprint density at radius 3 is 2.89 bits per heavy atom. The number of para-hydroxylation sites is 1. The Bertz CT molecular complexity index is 491. The van der Waals surface area contributed by atoms with Gasteiger partial charge < -0.3 is 10.1 Å². The van der Waals surface area contributed by atoms with Crippen LogP contribution in [0.4, 0.5) is 0 Å². The van der Waals surface area contributed by atoms with Crippen molar-refractivity contribution in [3.8, 4) is 5.75 Å². The zero-order valence-corrected chi connectivity index (χ0v) is 11.8. The lowest BCUT2D eigenvalue weighted by atomic mass is 10.3. The zero-order chi connectivity index (χ0) is 13.3. The molecule has 100 valence electrons. The SMILES string of the molecule is COc1ccccc1SCCNCc1cccnc1. The van der Waals surface area contributed by atoms with Crippen molar-refractivity contribution in [3.63, 3.8) is 0 Å². The summed E-state index contributed by atoms with van der Waals surface area (Å²) in [5, 5.41) is 3.41. The number of nitrogens with one attached hydrogen (secondary N) is 1. The second kappa shape index (κ2) is 7.81. The van der Waals surface area contributed by atoms with Crippen molar-refractivity contribution in [2.45, 2.75) is 11.4 Å². The van der Waals surface area contributed by atoms with Gasteiger partial charge in [0.25, 0.3) is 0 Å². The standard InChI is InChI=1S/C15H18N2OS/c1-18-14-6-2-3-7-15(14)19-10-9-17-12-13-5-4-8-16-11-13/h2-8,11,17H,9-10,12H2,1H3. The second-order valence-electron chi connectivity index (χ2n) is 4.04. The van der Waals surface area contributed by atoms with Crippen molar-refractivity contribution in [3.05, 3.63) is 54.4 Å². The fourth-order valence-corrected chi connectivity index (χ4v) is 2.64. The highest BCUT2D eigenvalue weighted by atomic mass is 32.2. The first-order chi connectivity index (χ1) is 9.40. The van der Waals surface area contributed by atoms with Crippen molar-refractivity contribution < 1.29 is 4.74 Å². The maximum atomic E-state index is 5.32. The summed E-state index contributed by atoms with van der Waals surface area (Å²) >= 11 is 1.80. The molecule has 0 amide bonds. The normalized spacial score (nSPS) is 10.4. The first kappa shape index (κ1) is 13.9. The van der Waals surface area contributed by atoms with Gasteiger partial charge in [0, 0.05) is 36.1 Å². The molecule has 0 atom stereocenters. The summed E-state index contributed by atoms with van der Waals surface area (Å²) in [6.45, 7) is 1.82. The second-order valence-corrected chi connectivity index (χ2v) is 5.17. The summed E-state index contributed by atoms with van der Waals surface area (Å²) in [6.07, 6.45) is 3.68. The van der Waals surface area contributed by atoms with Crippen LogP contribution in [-0.4, -0.2) is 24.4 Å². The lowest BCUT2D eigenvalue weighted by Crippen LogP contribution is -2.16. The van der Waals surface area contributed by atoms with E-state index in [9.17, 15) is 0 Å². The molecule has 0 bridgehead atoms. The molecule has 1 N–H and O–H groups in total. The molecule has 0 saturated heterocycles. The number of pyridine rings is 1. The molecule has 0 spiro atoms. The Morgan fingerprint density at radius 2 is 2.11 bits per heavy atom. The van der Waals surface area contributed by atoms with Crippen LogP contribution < -0.4 is 10.1 Å². The molecule has 2 rings (SSSR count). The van der Waals surface area contributed by atoms with E-state index in [1.165, 1.54) is 10.5 Å². The molecule has 0 radical (unpaired) electrons. The molecule has 2 aromatic rings. The fourth-order valence-electron chi connectivity index (χ4n) is 1.71. The van der Waals surface area contributed by atoms with Gasteiger partial charge in [-0.3, -0.25) is 4.98 Å². The van der Waals surface area contributed by atoms with E-state index < -0.39 is 0 Å². The van der Waals surface area contributed by atoms with Crippen LogP contribution in [0.25, 0.3) is 0 Å². The molecule has 3 nitrogen and oxygen atoms in total. The number of thioether (sulfide) groups is 1. The van der Waals surface area contributed by atoms with Gasteiger partial charge in [-0.1, -0.05) is 18.2 Å². The molecule has 0 saturated carbocycles. The number of aromatic nitrogens is 1. The van der Waals surface area contributed by atoms with E-state index >= 15 is 0 Å². The minimum atomic E-state index is 0.861. The predicted octanol–water partition coefficient (Wildman–Crippen LogP) is 2.97. The van der Waals surface area contributed by atoms with Gasteiger partial charge in [0.05, 0.1) is 7.11 Å².